The zero-order valence-electron chi connectivity index (χ0n) is 16.8. The quantitative estimate of drug-likeness (QED) is 0.594. The summed E-state index contributed by atoms with van der Waals surface area (Å²) in [7, 11) is 1.73. The van der Waals surface area contributed by atoms with Gasteiger partial charge in [0.05, 0.1) is 6.61 Å². The normalized spacial score (nSPS) is 23.8. The van der Waals surface area contributed by atoms with E-state index in [1.54, 1.807) is 12.0 Å². The maximum absolute atomic E-state index is 12.8. The number of amides is 3. The van der Waals surface area contributed by atoms with Crippen LogP contribution in [0.1, 0.15) is 47.2 Å². The number of nitrogens with zero attached hydrogens (tertiary/aromatic N) is 1. The molecule has 1 atom stereocenters. The standard InChI is InChI=1S/C21H28N4O4/c1-29-13-21(6-8-22-9-7-21)23-11-14-2-3-16-15(10-14)12-25(20(16)28)17-4-5-18(26)24-19(17)27/h2-3,10,17,22-23H,4-9,11-13H2,1H3,(H,24,26,27). The summed E-state index contributed by atoms with van der Waals surface area (Å²) in [6, 6.07) is 5.30. The van der Waals surface area contributed by atoms with Gasteiger partial charge in [0.15, 0.2) is 0 Å². The molecular formula is C21H28N4O4. The molecule has 3 N–H and O–H groups in total. The zero-order valence-corrected chi connectivity index (χ0v) is 16.8. The van der Waals surface area contributed by atoms with E-state index in [9.17, 15) is 14.4 Å². The molecule has 1 aromatic rings. The fourth-order valence-electron chi connectivity index (χ4n) is 4.58. The Morgan fingerprint density at radius 2 is 2.03 bits per heavy atom. The first-order valence-electron chi connectivity index (χ1n) is 10.2. The molecule has 0 aliphatic carbocycles. The number of hydrogen-bond donors (Lipinski definition) is 3. The van der Waals surface area contributed by atoms with Crippen LogP contribution in [0.4, 0.5) is 0 Å². The van der Waals surface area contributed by atoms with Crippen molar-refractivity contribution < 1.29 is 19.1 Å². The zero-order chi connectivity index (χ0) is 20.4. The number of rotatable bonds is 6. The number of carbonyl (C=O) groups excluding carboxylic acids is 3. The Morgan fingerprint density at radius 1 is 1.24 bits per heavy atom. The minimum Gasteiger partial charge on any atom is -0.383 e. The van der Waals surface area contributed by atoms with Gasteiger partial charge in [-0.15, -0.1) is 0 Å². The molecule has 3 aliphatic rings. The van der Waals surface area contributed by atoms with Crippen LogP contribution >= 0.6 is 0 Å². The van der Waals surface area contributed by atoms with Crippen LogP contribution in [0.15, 0.2) is 18.2 Å². The van der Waals surface area contributed by atoms with Gasteiger partial charge in [-0.1, -0.05) is 12.1 Å². The van der Waals surface area contributed by atoms with E-state index in [2.05, 4.69) is 16.0 Å². The number of imide groups is 1. The molecule has 0 bridgehead atoms. The summed E-state index contributed by atoms with van der Waals surface area (Å²) in [5.74, 6) is -0.786. The Hall–Kier alpha value is -2.29. The van der Waals surface area contributed by atoms with Crippen LogP contribution in [-0.2, 0) is 27.4 Å². The highest BCUT2D eigenvalue weighted by molar-refractivity contribution is 6.05. The average Bonchev–Trinajstić information content (AvgIpc) is 3.03. The molecule has 0 radical (unpaired) electrons. The summed E-state index contributed by atoms with van der Waals surface area (Å²) in [5.41, 5.74) is 2.65. The molecule has 156 valence electrons. The predicted molar refractivity (Wildman–Crippen MR) is 106 cm³/mol. The molecule has 8 heteroatoms. The highest BCUT2D eigenvalue weighted by Gasteiger charge is 2.39. The lowest BCUT2D eigenvalue weighted by Gasteiger charge is -2.38. The van der Waals surface area contributed by atoms with Gasteiger partial charge in [-0.25, -0.2) is 0 Å². The second kappa shape index (κ2) is 8.22. The fourth-order valence-corrected chi connectivity index (χ4v) is 4.58. The summed E-state index contributed by atoms with van der Waals surface area (Å²) >= 11 is 0. The third kappa shape index (κ3) is 4.05. The van der Waals surface area contributed by atoms with Crippen molar-refractivity contribution in [2.75, 3.05) is 26.8 Å². The summed E-state index contributed by atoms with van der Waals surface area (Å²) in [6.07, 6.45) is 2.66. The first-order chi connectivity index (χ1) is 14.0. The Balaban J connectivity index is 1.44. The van der Waals surface area contributed by atoms with Crippen LogP contribution in [0.3, 0.4) is 0 Å². The molecule has 4 rings (SSSR count). The molecule has 0 aromatic heterocycles. The fraction of sp³-hybridized carbons (Fsp3) is 0.571. The van der Waals surface area contributed by atoms with Crippen molar-refractivity contribution in [2.24, 2.45) is 0 Å². The first kappa shape index (κ1) is 20.0. The Bertz CT molecular complexity index is 813. The van der Waals surface area contributed by atoms with Gasteiger partial charge in [0.2, 0.25) is 11.8 Å². The van der Waals surface area contributed by atoms with Crippen molar-refractivity contribution in [1.29, 1.82) is 0 Å². The van der Waals surface area contributed by atoms with Gasteiger partial charge in [-0.2, -0.15) is 0 Å². The number of carbonyl (C=O) groups is 3. The third-order valence-electron chi connectivity index (χ3n) is 6.24. The number of methoxy groups -OCH3 is 1. The van der Waals surface area contributed by atoms with E-state index in [1.165, 1.54) is 0 Å². The topological polar surface area (TPSA) is 99.8 Å². The number of nitrogens with one attached hydrogen (secondary N) is 3. The molecule has 3 amide bonds. The molecule has 1 aromatic carbocycles. The Morgan fingerprint density at radius 3 is 2.76 bits per heavy atom. The highest BCUT2D eigenvalue weighted by atomic mass is 16.5. The van der Waals surface area contributed by atoms with Crippen LogP contribution in [0.2, 0.25) is 0 Å². The van der Waals surface area contributed by atoms with Crippen molar-refractivity contribution >= 4 is 17.7 Å². The molecule has 3 heterocycles. The summed E-state index contributed by atoms with van der Waals surface area (Å²) < 4.78 is 5.46. The monoisotopic (exact) mass is 400 g/mol. The van der Waals surface area contributed by atoms with Crippen molar-refractivity contribution in [3.63, 3.8) is 0 Å². The van der Waals surface area contributed by atoms with Crippen molar-refractivity contribution in [2.45, 2.75) is 50.4 Å². The van der Waals surface area contributed by atoms with E-state index in [4.69, 9.17) is 4.74 Å². The largest absolute Gasteiger partial charge is 0.383 e. The van der Waals surface area contributed by atoms with Crippen molar-refractivity contribution in [3.05, 3.63) is 34.9 Å². The van der Waals surface area contributed by atoms with E-state index in [0.717, 1.165) is 37.1 Å². The van der Waals surface area contributed by atoms with E-state index >= 15 is 0 Å². The molecule has 0 saturated carbocycles. The summed E-state index contributed by atoms with van der Waals surface area (Å²) in [5, 5.41) is 9.40. The number of piperidine rings is 2. The van der Waals surface area contributed by atoms with E-state index in [1.807, 2.05) is 18.2 Å². The summed E-state index contributed by atoms with van der Waals surface area (Å²) in [4.78, 5) is 38.0. The Kier molecular flexibility index (Phi) is 5.67. The van der Waals surface area contributed by atoms with E-state index in [0.29, 0.717) is 31.7 Å². The smallest absolute Gasteiger partial charge is 0.255 e. The van der Waals surface area contributed by atoms with Gasteiger partial charge in [-0.3, -0.25) is 19.7 Å². The molecule has 1 unspecified atom stereocenters. The molecule has 8 nitrogen and oxygen atoms in total. The van der Waals surface area contributed by atoms with Crippen LogP contribution in [0.5, 0.6) is 0 Å². The van der Waals surface area contributed by atoms with Gasteiger partial charge in [0.25, 0.3) is 5.91 Å². The number of fused-ring (bicyclic) bond motifs is 1. The molecule has 29 heavy (non-hydrogen) atoms. The number of hydrogen-bond acceptors (Lipinski definition) is 6. The molecule has 3 aliphatic heterocycles. The van der Waals surface area contributed by atoms with Crippen LogP contribution < -0.4 is 16.0 Å². The minimum atomic E-state index is -0.575. The number of ether oxygens (including phenoxy) is 1. The van der Waals surface area contributed by atoms with E-state index < -0.39 is 6.04 Å². The van der Waals surface area contributed by atoms with Crippen molar-refractivity contribution in [3.8, 4) is 0 Å². The van der Waals surface area contributed by atoms with Crippen LogP contribution in [-0.4, -0.2) is 61.0 Å². The second-order valence-electron chi connectivity index (χ2n) is 8.21. The average molecular weight is 400 g/mol. The molecule has 2 fully saturated rings. The maximum Gasteiger partial charge on any atom is 0.255 e. The van der Waals surface area contributed by atoms with Gasteiger partial charge >= 0.3 is 0 Å². The van der Waals surface area contributed by atoms with Gasteiger partial charge in [-0.05, 0) is 49.5 Å². The van der Waals surface area contributed by atoms with Crippen molar-refractivity contribution in [1.82, 2.24) is 20.9 Å². The summed E-state index contributed by atoms with van der Waals surface area (Å²) in [6.45, 7) is 3.71. The molecule has 0 spiro atoms. The lowest BCUT2D eigenvalue weighted by molar-refractivity contribution is -0.136. The Labute approximate surface area is 170 Å². The SMILES string of the molecule is COCC1(NCc2ccc3c(c2)CN(C2CCC(=O)NC2=O)C3=O)CCNCC1. The van der Waals surface area contributed by atoms with Gasteiger partial charge in [0, 0.05) is 37.7 Å². The van der Waals surface area contributed by atoms with E-state index in [-0.39, 0.29) is 29.7 Å². The molecular weight excluding hydrogens is 372 g/mol. The lowest BCUT2D eigenvalue weighted by atomic mass is 9.88. The lowest BCUT2D eigenvalue weighted by Crippen LogP contribution is -2.54. The maximum atomic E-state index is 12.8. The number of benzene rings is 1. The highest BCUT2D eigenvalue weighted by Crippen LogP contribution is 2.28. The molecule has 2 saturated heterocycles. The first-order valence-corrected chi connectivity index (χ1v) is 10.2. The third-order valence-corrected chi connectivity index (χ3v) is 6.24. The van der Waals surface area contributed by atoms with Crippen LogP contribution in [0, 0.1) is 0 Å². The second-order valence-corrected chi connectivity index (χ2v) is 8.21. The minimum absolute atomic E-state index is 0.0341. The predicted octanol–water partition coefficient (Wildman–Crippen LogP) is 0.306. The van der Waals surface area contributed by atoms with Gasteiger partial charge < -0.3 is 20.3 Å². The van der Waals surface area contributed by atoms with Crippen LogP contribution in [0.25, 0.3) is 0 Å². The van der Waals surface area contributed by atoms with Gasteiger partial charge in [0.1, 0.15) is 6.04 Å².